The van der Waals surface area contributed by atoms with E-state index < -0.39 is 5.97 Å². The molecule has 0 bridgehead atoms. The Kier molecular flexibility index (Phi) is 6.48. The topological polar surface area (TPSA) is 37.3 Å². The number of hydrogen-bond acceptors (Lipinski definition) is 1. The van der Waals surface area contributed by atoms with E-state index in [4.69, 9.17) is 5.11 Å². The van der Waals surface area contributed by atoms with Gasteiger partial charge in [-0.1, -0.05) is 0 Å². The predicted molar refractivity (Wildman–Crippen MR) is 107 cm³/mol. The molecule has 0 radical (unpaired) electrons. The Balaban J connectivity index is 2.52. The zero-order chi connectivity index (χ0) is 18.7. The summed E-state index contributed by atoms with van der Waals surface area (Å²) in [5.74, 6) is 0.607. The van der Waals surface area contributed by atoms with Crippen LogP contribution in [0.15, 0.2) is 36.4 Å². The van der Waals surface area contributed by atoms with Gasteiger partial charge in [0.1, 0.15) is 0 Å². The van der Waals surface area contributed by atoms with E-state index in [0.29, 0.717) is 23.3 Å². The second-order valence-electron chi connectivity index (χ2n) is 7.42. The number of hydrogen-bond donors (Lipinski definition) is 1. The molecule has 3 heteroatoms. The Morgan fingerprint density at radius 3 is 1.68 bits per heavy atom. The van der Waals surface area contributed by atoms with Gasteiger partial charge < -0.3 is 0 Å². The fourth-order valence-corrected chi connectivity index (χ4v) is 5.59. The van der Waals surface area contributed by atoms with Crippen molar-refractivity contribution in [2.75, 3.05) is 0 Å². The Labute approximate surface area is 157 Å². The molecule has 0 spiro atoms. The molecule has 0 heterocycles. The van der Waals surface area contributed by atoms with E-state index >= 15 is 0 Å². The van der Waals surface area contributed by atoms with Gasteiger partial charge in [-0.2, -0.15) is 0 Å². The first-order valence-corrected chi connectivity index (χ1v) is 10.6. The fourth-order valence-electron chi connectivity index (χ4n) is 2.79. The van der Waals surface area contributed by atoms with Crippen molar-refractivity contribution in [3.05, 3.63) is 58.7 Å². The molecule has 2 nitrogen and oxygen atoms in total. The van der Waals surface area contributed by atoms with Gasteiger partial charge in [0, 0.05) is 0 Å². The van der Waals surface area contributed by atoms with Crippen LogP contribution in [0.1, 0.15) is 86.3 Å². The van der Waals surface area contributed by atoms with E-state index in [1.807, 2.05) is 12.1 Å². The normalized spacial score (nSPS) is 11.6. The van der Waals surface area contributed by atoms with Crippen molar-refractivity contribution in [2.24, 2.45) is 0 Å². The zero-order valence-electron chi connectivity index (χ0n) is 16.0. The third-order valence-corrected chi connectivity index (χ3v) is 6.88. The Morgan fingerprint density at radius 2 is 1.32 bits per heavy atom. The van der Waals surface area contributed by atoms with Gasteiger partial charge in [-0.25, -0.2) is 0 Å². The van der Waals surface area contributed by atoms with Crippen LogP contribution >= 0.6 is 0 Å². The first-order valence-electron chi connectivity index (χ1n) is 8.89. The van der Waals surface area contributed by atoms with Gasteiger partial charge >= 0.3 is 158 Å². The molecule has 2 aromatic carbocycles. The SMILES string of the molecule is CC(C)c1cc(C(C)C)c([Se]c2ccc(C(=O)O)cc2)c(C(C)C)c1. The van der Waals surface area contributed by atoms with Crippen LogP contribution in [0.3, 0.4) is 0 Å². The van der Waals surface area contributed by atoms with Gasteiger partial charge in [-0.15, -0.1) is 0 Å². The summed E-state index contributed by atoms with van der Waals surface area (Å²) in [5, 5.41) is 9.09. The molecule has 0 aliphatic rings. The molecule has 25 heavy (non-hydrogen) atoms. The van der Waals surface area contributed by atoms with Crippen LogP contribution in [0.4, 0.5) is 0 Å². The van der Waals surface area contributed by atoms with Crippen LogP contribution < -0.4 is 8.92 Å². The molecule has 0 unspecified atom stereocenters. The summed E-state index contributed by atoms with van der Waals surface area (Å²) in [5.41, 5.74) is 4.64. The molecular formula is C22H28O2Se. The van der Waals surface area contributed by atoms with Crippen molar-refractivity contribution in [3.63, 3.8) is 0 Å². The molecular weight excluding hydrogens is 375 g/mol. The molecule has 1 N–H and O–H groups in total. The quantitative estimate of drug-likeness (QED) is 0.726. The maximum absolute atomic E-state index is 11.1. The molecule has 0 saturated heterocycles. The van der Waals surface area contributed by atoms with Gasteiger partial charge in [-0.05, 0) is 0 Å². The number of carboxylic acids is 1. The van der Waals surface area contributed by atoms with E-state index in [0.717, 1.165) is 0 Å². The van der Waals surface area contributed by atoms with Crippen molar-refractivity contribution < 1.29 is 9.90 Å². The second kappa shape index (κ2) is 8.21. The number of rotatable bonds is 6. The van der Waals surface area contributed by atoms with Gasteiger partial charge in [0.2, 0.25) is 0 Å². The van der Waals surface area contributed by atoms with Gasteiger partial charge in [-0.3, -0.25) is 0 Å². The summed E-state index contributed by atoms with van der Waals surface area (Å²) >= 11 is 0.172. The van der Waals surface area contributed by atoms with E-state index in [-0.39, 0.29) is 15.0 Å². The van der Waals surface area contributed by atoms with E-state index in [9.17, 15) is 4.79 Å². The summed E-state index contributed by atoms with van der Waals surface area (Å²) in [4.78, 5) is 11.1. The third-order valence-electron chi connectivity index (χ3n) is 4.40. The minimum absolute atomic E-state index is 0.172. The standard InChI is InChI=1S/C22H28O2Se/c1-13(2)17-11-19(14(3)4)21(20(12-17)15(5)6)25-18-9-7-16(8-10-18)22(23)24/h7-15H,1-6H3,(H,23,24). The van der Waals surface area contributed by atoms with Gasteiger partial charge in [0.15, 0.2) is 0 Å². The molecule has 0 aliphatic carbocycles. The van der Waals surface area contributed by atoms with Crippen molar-refractivity contribution in [2.45, 2.75) is 59.3 Å². The third kappa shape index (κ3) is 4.74. The summed E-state index contributed by atoms with van der Waals surface area (Å²) in [7, 11) is 0. The molecule has 2 rings (SSSR count). The van der Waals surface area contributed by atoms with Gasteiger partial charge in [0.05, 0.1) is 0 Å². The van der Waals surface area contributed by atoms with Crippen molar-refractivity contribution in [3.8, 4) is 0 Å². The van der Waals surface area contributed by atoms with Crippen LogP contribution in [-0.2, 0) is 0 Å². The van der Waals surface area contributed by atoms with Crippen LogP contribution in [0.25, 0.3) is 0 Å². The molecule has 0 saturated carbocycles. The summed E-state index contributed by atoms with van der Waals surface area (Å²) in [6.45, 7) is 13.5. The molecule has 0 atom stereocenters. The van der Waals surface area contributed by atoms with Gasteiger partial charge in [0.25, 0.3) is 0 Å². The molecule has 0 aliphatic heterocycles. The summed E-state index contributed by atoms with van der Waals surface area (Å²) in [6.07, 6.45) is 0. The second-order valence-corrected chi connectivity index (χ2v) is 9.70. The van der Waals surface area contributed by atoms with Crippen LogP contribution in [-0.4, -0.2) is 26.0 Å². The Morgan fingerprint density at radius 1 is 0.840 bits per heavy atom. The number of aromatic carboxylic acids is 1. The Bertz CT molecular complexity index is 714. The monoisotopic (exact) mass is 404 g/mol. The van der Waals surface area contributed by atoms with Crippen molar-refractivity contribution >= 4 is 29.8 Å². The average Bonchev–Trinajstić information content (AvgIpc) is 2.54. The van der Waals surface area contributed by atoms with E-state index in [1.54, 1.807) is 12.1 Å². The molecule has 0 aromatic heterocycles. The first kappa shape index (κ1) is 19.8. The predicted octanol–water partition coefficient (Wildman–Crippen LogP) is 4.41. The van der Waals surface area contributed by atoms with Crippen molar-refractivity contribution in [1.29, 1.82) is 0 Å². The summed E-state index contributed by atoms with van der Waals surface area (Å²) < 4.78 is 2.68. The number of benzene rings is 2. The van der Waals surface area contributed by atoms with Crippen molar-refractivity contribution in [1.82, 2.24) is 0 Å². The maximum atomic E-state index is 11.1. The fraction of sp³-hybridized carbons (Fsp3) is 0.409. The zero-order valence-corrected chi connectivity index (χ0v) is 17.7. The van der Waals surface area contributed by atoms with Crippen LogP contribution in [0.2, 0.25) is 0 Å². The summed E-state index contributed by atoms with van der Waals surface area (Å²) in [6, 6.07) is 12.1. The molecule has 134 valence electrons. The average molecular weight is 403 g/mol. The van der Waals surface area contributed by atoms with E-state index in [2.05, 4.69) is 53.7 Å². The van der Waals surface area contributed by atoms with Crippen LogP contribution in [0.5, 0.6) is 0 Å². The Hall–Kier alpha value is -1.57. The number of carboxylic acid groups (broad SMARTS) is 1. The minimum atomic E-state index is -0.869. The van der Waals surface area contributed by atoms with Crippen LogP contribution in [0, 0.1) is 0 Å². The van der Waals surface area contributed by atoms with E-state index in [1.165, 1.54) is 25.6 Å². The number of carbonyl (C=O) groups is 1. The molecule has 0 amide bonds. The first-order chi connectivity index (χ1) is 11.7. The molecule has 0 fully saturated rings. The molecule has 2 aromatic rings.